The van der Waals surface area contributed by atoms with Gasteiger partial charge < -0.3 is 5.73 Å². The first-order valence-corrected chi connectivity index (χ1v) is 5.42. The first kappa shape index (κ1) is 14.0. The van der Waals surface area contributed by atoms with Gasteiger partial charge in [0.05, 0.1) is 5.56 Å². The van der Waals surface area contributed by atoms with Crippen LogP contribution in [0.1, 0.15) is 29.5 Å². The summed E-state index contributed by atoms with van der Waals surface area (Å²) in [5, 5.41) is 0. The molecule has 1 rings (SSSR count). The highest BCUT2D eigenvalue weighted by Gasteiger charge is 2.35. The van der Waals surface area contributed by atoms with Crippen molar-refractivity contribution in [3.63, 3.8) is 0 Å². The lowest BCUT2D eigenvalue weighted by molar-refractivity contribution is -0.140. The van der Waals surface area contributed by atoms with Crippen LogP contribution in [0.25, 0.3) is 0 Å². The largest absolute Gasteiger partial charge is 0.419 e. The molecule has 0 spiro atoms. The van der Waals surface area contributed by atoms with Gasteiger partial charge in [-0.3, -0.25) is 0 Å². The lowest BCUT2D eigenvalue weighted by Gasteiger charge is -2.13. The zero-order chi connectivity index (χ0) is 13.1. The Morgan fingerprint density at radius 1 is 1.18 bits per heavy atom. The number of unbranched alkanes of at least 4 members (excludes halogenated alkanes) is 1. The van der Waals surface area contributed by atoms with E-state index in [0.29, 0.717) is 18.5 Å². The van der Waals surface area contributed by atoms with Gasteiger partial charge in [0.1, 0.15) is 5.82 Å². The number of nitrogens with two attached hydrogens (primary N) is 1. The average molecular weight is 249 g/mol. The fourth-order valence-corrected chi connectivity index (χ4v) is 1.79. The number of alkyl halides is 3. The van der Waals surface area contributed by atoms with Crippen LogP contribution in [-0.4, -0.2) is 6.54 Å². The minimum Gasteiger partial charge on any atom is -0.330 e. The van der Waals surface area contributed by atoms with Gasteiger partial charge in [0.15, 0.2) is 0 Å². The van der Waals surface area contributed by atoms with Gasteiger partial charge in [-0.15, -0.1) is 0 Å². The van der Waals surface area contributed by atoms with Crippen LogP contribution in [-0.2, 0) is 12.6 Å². The summed E-state index contributed by atoms with van der Waals surface area (Å²) in [6, 6.07) is 2.36. The van der Waals surface area contributed by atoms with Crippen LogP contribution in [0.3, 0.4) is 0 Å². The fourth-order valence-electron chi connectivity index (χ4n) is 1.79. The van der Waals surface area contributed by atoms with Crippen LogP contribution >= 0.6 is 0 Å². The highest BCUT2D eigenvalue weighted by atomic mass is 19.4. The molecule has 0 saturated carbocycles. The topological polar surface area (TPSA) is 26.0 Å². The van der Waals surface area contributed by atoms with Crippen molar-refractivity contribution < 1.29 is 17.6 Å². The minimum absolute atomic E-state index is 0.0692. The molecule has 0 unspecified atom stereocenters. The third kappa shape index (κ3) is 3.70. The standard InChI is InChI=1S/C12H15F4N/c1-8-6-9(4-2-3-5-17)7-10(13)11(8)12(14,15)16/h6-7H,2-5,17H2,1H3. The van der Waals surface area contributed by atoms with E-state index in [4.69, 9.17) is 5.73 Å². The van der Waals surface area contributed by atoms with E-state index in [1.807, 2.05) is 0 Å². The van der Waals surface area contributed by atoms with Crippen molar-refractivity contribution in [2.75, 3.05) is 6.54 Å². The van der Waals surface area contributed by atoms with Gasteiger partial charge in [-0.05, 0) is 49.9 Å². The Bertz CT molecular complexity index is 362. The molecule has 1 nitrogen and oxygen atoms in total. The molecule has 0 amide bonds. The summed E-state index contributed by atoms with van der Waals surface area (Å²) in [7, 11) is 0. The second-order valence-electron chi connectivity index (χ2n) is 4.01. The van der Waals surface area contributed by atoms with Crippen molar-refractivity contribution in [2.45, 2.75) is 32.4 Å². The molecule has 0 saturated heterocycles. The van der Waals surface area contributed by atoms with E-state index in [-0.39, 0.29) is 5.56 Å². The first-order chi connectivity index (χ1) is 7.86. The lowest BCUT2D eigenvalue weighted by atomic mass is 10.0. The van der Waals surface area contributed by atoms with Gasteiger partial charge in [0.2, 0.25) is 0 Å². The third-order valence-corrected chi connectivity index (χ3v) is 2.55. The molecular formula is C12H15F4N. The zero-order valence-electron chi connectivity index (χ0n) is 9.57. The van der Waals surface area contributed by atoms with Crippen molar-refractivity contribution >= 4 is 0 Å². The summed E-state index contributed by atoms with van der Waals surface area (Å²) in [6.07, 6.45) is -2.56. The van der Waals surface area contributed by atoms with Gasteiger partial charge in [-0.1, -0.05) is 6.07 Å². The van der Waals surface area contributed by atoms with Crippen LogP contribution in [0.5, 0.6) is 0 Å². The van der Waals surface area contributed by atoms with Gasteiger partial charge in [-0.2, -0.15) is 13.2 Å². The maximum absolute atomic E-state index is 13.4. The van der Waals surface area contributed by atoms with E-state index < -0.39 is 17.6 Å². The Labute approximate surface area is 97.6 Å². The molecule has 0 fully saturated rings. The van der Waals surface area contributed by atoms with Crippen molar-refractivity contribution in [3.05, 3.63) is 34.6 Å². The summed E-state index contributed by atoms with van der Waals surface area (Å²) in [5.41, 5.74) is 4.66. The molecule has 0 aliphatic carbocycles. The normalized spacial score (nSPS) is 11.9. The second-order valence-corrected chi connectivity index (χ2v) is 4.01. The number of hydrogen-bond donors (Lipinski definition) is 1. The van der Waals surface area contributed by atoms with Gasteiger partial charge in [-0.25, -0.2) is 4.39 Å². The molecule has 0 atom stereocenters. The van der Waals surface area contributed by atoms with Gasteiger partial charge in [0, 0.05) is 0 Å². The van der Waals surface area contributed by atoms with Crippen molar-refractivity contribution in [1.29, 1.82) is 0 Å². The number of rotatable bonds is 4. The molecule has 0 heterocycles. The Morgan fingerprint density at radius 2 is 1.82 bits per heavy atom. The molecule has 96 valence electrons. The molecule has 0 radical (unpaired) electrons. The quantitative estimate of drug-likeness (QED) is 0.642. The van der Waals surface area contributed by atoms with Crippen LogP contribution in [0.2, 0.25) is 0 Å². The van der Waals surface area contributed by atoms with Crippen molar-refractivity contribution in [1.82, 2.24) is 0 Å². The smallest absolute Gasteiger partial charge is 0.330 e. The second kappa shape index (κ2) is 5.49. The SMILES string of the molecule is Cc1cc(CCCCN)cc(F)c1C(F)(F)F. The molecular weight excluding hydrogens is 234 g/mol. The van der Waals surface area contributed by atoms with E-state index in [9.17, 15) is 17.6 Å². The van der Waals surface area contributed by atoms with Crippen LogP contribution in [0.15, 0.2) is 12.1 Å². The highest BCUT2D eigenvalue weighted by molar-refractivity contribution is 5.34. The van der Waals surface area contributed by atoms with E-state index in [1.165, 1.54) is 13.0 Å². The van der Waals surface area contributed by atoms with E-state index in [2.05, 4.69) is 0 Å². The Hall–Kier alpha value is -1.10. The lowest BCUT2D eigenvalue weighted by Crippen LogP contribution is -2.11. The molecule has 0 bridgehead atoms. The Morgan fingerprint density at radius 3 is 2.29 bits per heavy atom. The number of halogens is 4. The molecule has 2 N–H and O–H groups in total. The molecule has 1 aromatic rings. The van der Waals surface area contributed by atoms with Gasteiger partial charge >= 0.3 is 6.18 Å². The molecule has 1 aromatic carbocycles. The van der Waals surface area contributed by atoms with Crippen LogP contribution < -0.4 is 5.73 Å². The van der Waals surface area contributed by atoms with Crippen LogP contribution in [0, 0.1) is 12.7 Å². The Kier molecular flexibility index (Phi) is 4.51. The van der Waals surface area contributed by atoms with E-state index in [1.54, 1.807) is 0 Å². The summed E-state index contributed by atoms with van der Waals surface area (Å²) >= 11 is 0. The first-order valence-electron chi connectivity index (χ1n) is 5.42. The Balaban J connectivity index is 2.94. The minimum atomic E-state index is -4.63. The fraction of sp³-hybridized carbons (Fsp3) is 0.500. The van der Waals surface area contributed by atoms with Crippen LogP contribution in [0.4, 0.5) is 17.6 Å². The molecule has 0 aliphatic rings. The number of hydrogen-bond acceptors (Lipinski definition) is 1. The van der Waals surface area contributed by atoms with Crippen molar-refractivity contribution in [3.8, 4) is 0 Å². The van der Waals surface area contributed by atoms with E-state index in [0.717, 1.165) is 18.9 Å². The average Bonchev–Trinajstić information content (AvgIpc) is 2.14. The zero-order valence-corrected chi connectivity index (χ0v) is 9.57. The maximum Gasteiger partial charge on any atom is 0.419 e. The van der Waals surface area contributed by atoms with E-state index >= 15 is 0 Å². The predicted octanol–water partition coefficient (Wildman–Crippen LogP) is 3.43. The molecule has 17 heavy (non-hydrogen) atoms. The maximum atomic E-state index is 13.4. The number of aryl methyl sites for hydroxylation is 2. The molecule has 0 aliphatic heterocycles. The third-order valence-electron chi connectivity index (χ3n) is 2.55. The monoisotopic (exact) mass is 249 g/mol. The highest BCUT2D eigenvalue weighted by Crippen LogP contribution is 2.34. The summed E-state index contributed by atoms with van der Waals surface area (Å²) in [6.45, 7) is 1.81. The summed E-state index contributed by atoms with van der Waals surface area (Å²) < 4.78 is 50.8. The summed E-state index contributed by atoms with van der Waals surface area (Å²) in [4.78, 5) is 0. The van der Waals surface area contributed by atoms with Crippen molar-refractivity contribution in [2.24, 2.45) is 5.73 Å². The summed E-state index contributed by atoms with van der Waals surface area (Å²) in [5.74, 6) is -1.19. The molecule has 5 heteroatoms. The molecule has 0 aromatic heterocycles. The van der Waals surface area contributed by atoms with Gasteiger partial charge in [0.25, 0.3) is 0 Å². The predicted molar refractivity (Wildman–Crippen MR) is 58.1 cm³/mol. The number of benzene rings is 1.